The summed E-state index contributed by atoms with van der Waals surface area (Å²) in [6.45, 7) is 4.76. The molecule has 4 rings (SSSR count). The van der Waals surface area contributed by atoms with Gasteiger partial charge in [-0.25, -0.2) is 0 Å². The number of hydrogen-bond donors (Lipinski definition) is 2. The van der Waals surface area contributed by atoms with E-state index in [0.29, 0.717) is 30.4 Å². The lowest BCUT2D eigenvalue weighted by Gasteiger charge is -2.37. The third-order valence-electron chi connectivity index (χ3n) is 4.56. The second-order valence-electron chi connectivity index (χ2n) is 6.79. The van der Waals surface area contributed by atoms with Crippen LogP contribution in [0.15, 0.2) is 46.9 Å². The summed E-state index contributed by atoms with van der Waals surface area (Å²) in [5.41, 5.74) is 2.44. The zero-order valence-corrected chi connectivity index (χ0v) is 15.2. The second-order valence-corrected chi connectivity index (χ2v) is 6.79. The van der Waals surface area contributed by atoms with E-state index in [1.54, 1.807) is 18.2 Å². The number of benzene rings is 2. The zero-order chi connectivity index (χ0) is 19.0. The number of ether oxygens (including phenoxy) is 1. The van der Waals surface area contributed by atoms with Crippen LogP contribution in [0, 0.1) is 0 Å². The average Bonchev–Trinajstić information content (AvgIpc) is 2.99. The summed E-state index contributed by atoms with van der Waals surface area (Å²) in [4.78, 5) is 17.8. The molecule has 2 N–H and O–H groups in total. The quantitative estimate of drug-likeness (QED) is 0.721. The van der Waals surface area contributed by atoms with Crippen molar-refractivity contribution in [2.75, 3.05) is 18.0 Å². The summed E-state index contributed by atoms with van der Waals surface area (Å²) in [7, 11) is 0. The molecule has 3 aromatic rings. The lowest BCUT2D eigenvalue weighted by atomic mass is 10.1. The van der Waals surface area contributed by atoms with Crippen molar-refractivity contribution >= 4 is 23.0 Å². The number of hydrogen-bond acceptors (Lipinski definition) is 6. The van der Waals surface area contributed by atoms with Gasteiger partial charge in [0.1, 0.15) is 23.1 Å². The van der Waals surface area contributed by atoms with E-state index >= 15 is 0 Å². The number of carbonyl (C=O) groups excluding carboxylic acids is 1. The van der Waals surface area contributed by atoms with E-state index in [4.69, 9.17) is 9.15 Å². The number of aromatic hydroxyl groups is 1. The van der Waals surface area contributed by atoms with E-state index in [0.717, 1.165) is 11.1 Å². The molecule has 1 aliphatic rings. The highest BCUT2D eigenvalue weighted by atomic mass is 16.5. The summed E-state index contributed by atoms with van der Waals surface area (Å²) in [5, 5.41) is 12.4. The van der Waals surface area contributed by atoms with Gasteiger partial charge in [0.05, 0.1) is 19.1 Å². The first kappa shape index (κ1) is 17.2. The van der Waals surface area contributed by atoms with Crippen LogP contribution in [0.1, 0.15) is 25.5 Å². The Bertz CT molecular complexity index is 978. The molecule has 27 heavy (non-hydrogen) atoms. The minimum Gasteiger partial charge on any atom is -0.508 e. The van der Waals surface area contributed by atoms with Crippen molar-refractivity contribution in [3.05, 3.63) is 48.0 Å². The highest BCUT2D eigenvalue weighted by Gasteiger charge is 2.32. The molecule has 7 nitrogen and oxygen atoms in total. The summed E-state index contributed by atoms with van der Waals surface area (Å²) >= 11 is 0. The fourth-order valence-electron chi connectivity index (χ4n) is 3.14. The number of amides is 1. The summed E-state index contributed by atoms with van der Waals surface area (Å²) in [6.07, 6.45) is 0.0252. The van der Waals surface area contributed by atoms with E-state index < -0.39 is 0 Å². The third kappa shape index (κ3) is 3.67. The van der Waals surface area contributed by atoms with Crippen molar-refractivity contribution in [3.63, 3.8) is 0 Å². The minimum atomic E-state index is -0.0930. The minimum absolute atomic E-state index is 0.0252. The SMILES string of the molecule is CC(=O)N[C@H](C)c1ccc2nc(N3CC(Oc4cccc(O)c4)C3)oc2c1. The van der Waals surface area contributed by atoms with E-state index in [-0.39, 0.29) is 23.8 Å². The Kier molecular flexibility index (Phi) is 4.35. The van der Waals surface area contributed by atoms with Gasteiger partial charge in [0, 0.05) is 13.0 Å². The number of phenols is 1. The molecule has 140 valence electrons. The highest BCUT2D eigenvalue weighted by Crippen LogP contribution is 2.29. The fourth-order valence-corrected chi connectivity index (χ4v) is 3.14. The number of anilines is 1. The number of aromatic nitrogens is 1. The van der Waals surface area contributed by atoms with Gasteiger partial charge in [0.25, 0.3) is 6.01 Å². The predicted octanol–water partition coefficient (Wildman–Crippen LogP) is 3.00. The molecule has 1 amide bonds. The van der Waals surface area contributed by atoms with Crippen LogP contribution in [0.5, 0.6) is 11.5 Å². The largest absolute Gasteiger partial charge is 0.508 e. The number of nitrogens with zero attached hydrogens (tertiary/aromatic N) is 2. The molecule has 1 aromatic heterocycles. The number of nitrogens with one attached hydrogen (secondary N) is 1. The van der Waals surface area contributed by atoms with Gasteiger partial charge in [0.2, 0.25) is 5.91 Å². The fraction of sp³-hybridized carbons (Fsp3) is 0.300. The Labute approximate surface area is 156 Å². The van der Waals surface area contributed by atoms with Crippen LogP contribution >= 0.6 is 0 Å². The molecule has 0 bridgehead atoms. The van der Waals surface area contributed by atoms with E-state index in [9.17, 15) is 9.90 Å². The highest BCUT2D eigenvalue weighted by molar-refractivity contribution is 5.77. The molecule has 0 spiro atoms. The van der Waals surface area contributed by atoms with Crippen molar-refractivity contribution in [1.29, 1.82) is 0 Å². The van der Waals surface area contributed by atoms with Gasteiger partial charge in [-0.1, -0.05) is 12.1 Å². The molecular weight excluding hydrogens is 346 g/mol. The van der Waals surface area contributed by atoms with E-state index in [1.807, 2.05) is 36.1 Å². The van der Waals surface area contributed by atoms with Crippen LogP contribution in [0.3, 0.4) is 0 Å². The summed E-state index contributed by atoms with van der Waals surface area (Å²) in [5.74, 6) is 0.764. The van der Waals surface area contributed by atoms with Crippen LogP contribution in [0.4, 0.5) is 6.01 Å². The van der Waals surface area contributed by atoms with Crippen LogP contribution in [-0.4, -0.2) is 35.2 Å². The number of oxazole rings is 1. The molecule has 0 aliphatic carbocycles. The number of phenolic OH excluding ortho intramolecular Hbond substituents is 1. The Morgan fingerprint density at radius 1 is 1.33 bits per heavy atom. The standard InChI is InChI=1S/C20H21N3O4/c1-12(21-13(2)24)14-6-7-18-19(8-14)27-20(22-18)23-10-17(11-23)26-16-5-3-4-15(25)9-16/h3-9,12,17,25H,10-11H2,1-2H3,(H,21,24)/t12-/m1/s1. The molecule has 2 aromatic carbocycles. The van der Waals surface area contributed by atoms with Crippen LogP contribution in [-0.2, 0) is 4.79 Å². The van der Waals surface area contributed by atoms with Gasteiger partial charge >= 0.3 is 0 Å². The smallest absolute Gasteiger partial charge is 0.298 e. The van der Waals surface area contributed by atoms with Gasteiger partial charge in [-0.05, 0) is 36.8 Å². The van der Waals surface area contributed by atoms with Crippen LogP contribution < -0.4 is 15.0 Å². The summed E-state index contributed by atoms with van der Waals surface area (Å²) in [6, 6.07) is 13.0. The lowest BCUT2D eigenvalue weighted by Crippen LogP contribution is -2.54. The molecule has 7 heteroatoms. The lowest BCUT2D eigenvalue weighted by molar-refractivity contribution is -0.119. The first-order valence-corrected chi connectivity index (χ1v) is 8.86. The monoisotopic (exact) mass is 367 g/mol. The van der Waals surface area contributed by atoms with E-state index in [2.05, 4.69) is 10.3 Å². The first-order chi connectivity index (χ1) is 13.0. The normalized spacial score (nSPS) is 15.4. The van der Waals surface area contributed by atoms with Crippen molar-refractivity contribution < 1.29 is 19.1 Å². The second kappa shape index (κ2) is 6.83. The molecule has 1 aliphatic heterocycles. The molecule has 0 unspecified atom stereocenters. The van der Waals surface area contributed by atoms with Crippen molar-refractivity contribution in [3.8, 4) is 11.5 Å². The molecular formula is C20H21N3O4. The third-order valence-corrected chi connectivity index (χ3v) is 4.56. The van der Waals surface area contributed by atoms with Gasteiger partial charge in [-0.15, -0.1) is 0 Å². The van der Waals surface area contributed by atoms with Crippen LogP contribution in [0.2, 0.25) is 0 Å². The Morgan fingerprint density at radius 3 is 2.89 bits per heavy atom. The van der Waals surface area contributed by atoms with E-state index in [1.165, 1.54) is 6.92 Å². The number of fused-ring (bicyclic) bond motifs is 1. The molecule has 2 heterocycles. The first-order valence-electron chi connectivity index (χ1n) is 8.86. The summed E-state index contributed by atoms with van der Waals surface area (Å²) < 4.78 is 11.7. The Morgan fingerprint density at radius 2 is 2.15 bits per heavy atom. The Hall–Kier alpha value is -3.22. The molecule has 0 saturated carbocycles. The Balaban J connectivity index is 1.42. The number of rotatable bonds is 5. The number of carbonyl (C=O) groups is 1. The van der Waals surface area contributed by atoms with Gasteiger partial charge < -0.3 is 24.5 Å². The molecule has 1 saturated heterocycles. The van der Waals surface area contributed by atoms with Gasteiger partial charge in [-0.2, -0.15) is 4.98 Å². The topological polar surface area (TPSA) is 87.8 Å². The van der Waals surface area contributed by atoms with Gasteiger partial charge in [-0.3, -0.25) is 4.79 Å². The molecule has 1 fully saturated rings. The predicted molar refractivity (Wildman–Crippen MR) is 101 cm³/mol. The van der Waals surface area contributed by atoms with Crippen molar-refractivity contribution in [2.45, 2.75) is 26.0 Å². The molecule has 1 atom stereocenters. The average molecular weight is 367 g/mol. The zero-order valence-electron chi connectivity index (χ0n) is 15.2. The molecule has 0 radical (unpaired) electrons. The maximum Gasteiger partial charge on any atom is 0.298 e. The van der Waals surface area contributed by atoms with Gasteiger partial charge in [0.15, 0.2) is 5.58 Å². The van der Waals surface area contributed by atoms with Crippen molar-refractivity contribution in [1.82, 2.24) is 10.3 Å². The maximum absolute atomic E-state index is 11.2. The van der Waals surface area contributed by atoms with Crippen molar-refractivity contribution in [2.24, 2.45) is 0 Å². The maximum atomic E-state index is 11.2. The van der Waals surface area contributed by atoms with Crippen LogP contribution in [0.25, 0.3) is 11.1 Å².